The highest BCUT2D eigenvalue weighted by molar-refractivity contribution is 7.11. The molecule has 326 valence electrons. The molecule has 1 N–H and O–H groups in total. The Labute approximate surface area is 360 Å². The van der Waals surface area contributed by atoms with Gasteiger partial charge in [-0.3, -0.25) is 9.80 Å². The fourth-order valence-electron chi connectivity index (χ4n) is 8.05. The zero-order chi connectivity index (χ0) is 43.3. The summed E-state index contributed by atoms with van der Waals surface area (Å²) in [5.41, 5.74) is 5.03. The van der Waals surface area contributed by atoms with Crippen LogP contribution < -0.4 is 0 Å². The summed E-state index contributed by atoms with van der Waals surface area (Å²) in [6.07, 6.45) is 7.22. The monoisotopic (exact) mass is 862 g/mol. The molecule has 0 amide bonds. The van der Waals surface area contributed by atoms with E-state index in [0.717, 1.165) is 71.7 Å². The summed E-state index contributed by atoms with van der Waals surface area (Å²) in [6, 6.07) is 2.24. The molecule has 11 nitrogen and oxygen atoms in total. The molecule has 2 aliphatic heterocycles. The highest BCUT2D eigenvalue weighted by atomic mass is 32.1. The van der Waals surface area contributed by atoms with Crippen LogP contribution in [0.2, 0.25) is 0 Å². The summed E-state index contributed by atoms with van der Waals surface area (Å²) >= 11 is 4.80. The average molecular weight is 863 g/mol. The quantitative estimate of drug-likeness (QED) is 0.131. The summed E-state index contributed by atoms with van der Waals surface area (Å²) in [5.74, 6) is -0.782. The topological polar surface area (TPSA) is 112 Å². The van der Waals surface area contributed by atoms with Gasteiger partial charge in [-0.1, -0.05) is 20.8 Å². The van der Waals surface area contributed by atoms with Crippen LogP contribution in [0.4, 0.5) is 0 Å². The van der Waals surface area contributed by atoms with Gasteiger partial charge >= 0.3 is 17.9 Å². The third-order valence-electron chi connectivity index (χ3n) is 11.9. The number of likely N-dealkylation sites (tertiary alicyclic amines) is 2. The number of esters is 3. The highest BCUT2D eigenvalue weighted by Crippen LogP contribution is 2.37. The minimum atomic E-state index is -0.474. The maximum Gasteiger partial charge on any atom is 0.338 e. The number of thiophene rings is 3. The van der Waals surface area contributed by atoms with Gasteiger partial charge in [0.1, 0.15) is 0 Å². The molecule has 5 rings (SSSR count). The molecule has 2 saturated heterocycles. The van der Waals surface area contributed by atoms with Crippen molar-refractivity contribution < 1.29 is 33.7 Å². The number of carbonyl (C=O) groups excluding carboxylic acids is 3. The molecule has 5 heterocycles. The van der Waals surface area contributed by atoms with Gasteiger partial charge in [-0.2, -0.15) is 0 Å². The molecule has 3 aromatic rings. The van der Waals surface area contributed by atoms with Crippen molar-refractivity contribution in [3.05, 3.63) is 64.2 Å². The van der Waals surface area contributed by atoms with Crippen molar-refractivity contribution in [2.45, 2.75) is 117 Å². The van der Waals surface area contributed by atoms with Crippen LogP contribution in [-0.4, -0.2) is 130 Å². The molecule has 14 heteroatoms. The molecule has 3 aromatic heterocycles. The summed E-state index contributed by atoms with van der Waals surface area (Å²) in [4.78, 5) is 48.2. The van der Waals surface area contributed by atoms with Crippen molar-refractivity contribution >= 4 is 51.9 Å². The Balaban J connectivity index is 0.000000239. The maximum absolute atomic E-state index is 11.8. The first kappa shape index (κ1) is 49.7. The molecule has 0 radical (unpaired) electrons. The number of nitrogens with zero attached hydrogens (tertiary/aromatic N) is 4. The van der Waals surface area contributed by atoms with E-state index in [4.69, 9.17) is 9.47 Å². The molecule has 0 aliphatic carbocycles. The van der Waals surface area contributed by atoms with Crippen molar-refractivity contribution in [3.63, 3.8) is 0 Å². The predicted molar refractivity (Wildman–Crippen MR) is 239 cm³/mol. The summed E-state index contributed by atoms with van der Waals surface area (Å²) in [7, 11) is 12.9. The van der Waals surface area contributed by atoms with Crippen LogP contribution in [0.1, 0.15) is 146 Å². The van der Waals surface area contributed by atoms with Gasteiger partial charge in [0.05, 0.1) is 44.1 Å². The third-order valence-corrected chi connectivity index (χ3v) is 15.4. The molecule has 0 spiro atoms. The molecular formula is C44H70N4O7S3. The summed E-state index contributed by atoms with van der Waals surface area (Å²) < 4.78 is 14.4. The summed E-state index contributed by atoms with van der Waals surface area (Å²) in [5, 5.41) is 15.3. The molecule has 0 bridgehead atoms. The molecule has 0 aromatic carbocycles. The standard InChI is InChI=1S/2C17H28N2O2S.C10H14O3S/c2*1-6-15(19-9-7-13(8-10-19)18(3)4)16-12(2)14(11-22-16)17(20)21-5;1-4-8(11)9-6(2)7(5-14-9)10(12)13-3/h2*11,13,15H,6-10H2,1-5H3;5,8,11H,4H2,1-3H3/t2*15-;/m10./s1. The summed E-state index contributed by atoms with van der Waals surface area (Å²) in [6.45, 7) is 16.8. The molecule has 2 fully saturated rings. The average Bonchev–Trinajstić information content (AvgIpc) is 3.94. The van der Waals surface area contributed by atoms with E-state index in [2.05, 4.69) is 66.4 Å². The van der Waals surface area contributed by atoms with Gasteiger partial charge in [-0.05, 0) is 111 Å². The molecule has 2 aliphatic rings. The van der Waals surface area contributed by atoms with Gasteiger partial charge in [-0.15, -0.1) is 34.0 Å². The highest BCUT2D eigenvalue weighted by Gasteiger charge is 2.31. The minimum absolute atomic E-state index is 0.221. The van der Waals surface area contributed by atoms with E-state index in [1.807, 2.05) is 38.5 Å². The van der Waals surface area contributed by atoms with Crippen molar-refractivity contribution in [1.82, 2.24) is 19.6 Å². The van der Waals surface area contributed by atoms with E-state index >= 15 is 0 Å². The fourth-order valence-corrected chi connectivity index (χ4v) is 11.7. The van der Waals surface area contributed by atoms with Crippen molar-refractivity contribution in [2.75, 3.05) is 75.7 Å². The zero-order valence-electron chi connectivity index (χ0n) is 37.3. The number of aliphatic hydroxyl groups is 1. The second-order valence-corrected chi connectivity index (χ2v) is 18.4. The lowest BCUT2D eigenvalue weighted by Crippen LogP contribution is -2.43. The van der Waals surface area contributed by atoms with Gasteiger partial charge < -0.3 is 29.1 Å². The van der Waals surface area contributed by atoms with E-state index in [0.29, 0.717) is 36.2 Å². The Morgan fingerprint density at radius 3 is 1.16 bits per heavy atom. The number of ether oxygens (including phenoxy) is 3. The van der Waals surface area contributed by atoms with Gasteiger partial charge in [-0.25, -0.2) is 14.4 Å². The number of methoxy groups -OCH3 is 3. The number of aliphatic hydroxyl groups excluding tert-OH is 1. The van der Waals surface area contributed by atoms with E-state index < -0.39 is 6.10 Å². The first-order valence-electron chi connectivity index (χ1n) is 20.6. The molecule has 1 unspecified atom stereocenters. The Hall–Kier alpha value is -2.69. The smallest absolute Gasteiger partial charge is 0.338 e. The van der Waals surface area contributed by atoms with E-state index in [9.17, 15) is 19.5 Å². The number of hydrogen-bond donors (Lipinski definition) is 1. The van der Waals surface area contributed by atoms with Gasteiger partial charge in [0.15, 0.2) is 0 Å². The molecule has 3 atom stereocenters. The van der Waals surface area contributed by atoms with Crippen LogP contribution >= 0.6 is 34.0 Å². The Kier molecular flexibility index (Phi) is 20.5. The Morgan fingerprint density at radius 2 is 0.897 bits per heavy atom. The van der Waals surface area contributed by atoms with Crippen LogP contribution in [-0.2, 0) is 14.2 Å². The molecular weight excluding hydrogens is 793 g/mol. The fraction of sp³-hybridized carbons (Fsp3) is 0.659. The van der Waals surface area contributed by atoms with Crippen LogP contribution in [0.5, 0.6) is 0 Å². The van der Waals surface area contributed by atoms with Gasteiger partial charge in [0, 0.05) is 81.1 Å². The van der Waals surface area contributed by atoms with E-state index in [-0.39, 0.29) is 17.9 Å². The zero-order valence-corrected chi connectivity index (χ0v) is 39.8. The van der Waals surface area contributed by atoms with Gasteiger partial charge in [0.2, 0.25) is 0 Å². The largest absolute Gasteiger partial charge is 0.465 e. The lowest BCUT2D eigenvalue weighted by Gasteiger charge is -2.39. The Morgan fingerprint density at radius 1 is 0.603 bits per heavy atom. The van der Waals surface area contributed by atoms with Crippen molar-refractivity contribution in [2.24, 2.45) is 0 Å². The maximum atomic E-state index is 11.8. The third kappa shape index (κ3) is 12.4. The lowest BCUT2D eigenvalue weighted by atomic mass is 9.99. The van der Waals surface area contributed by atoms with Crippen molar-refractivity contribution in [1.29, 1.82) is 0 Å². The van der Waals surface area contributed by atoms with E-state index in [1.54, 1.807) is 28.1 Å². The van der Waals surface area contributed by atoms with E-state index in [1.165, 1.54) is 68.1 Å². The lowest BCUT2D eigenvalue weighted by molar-refractivity contribution is 0.0591. The first-order chi connectivity index (χ1) is 27.6. The number of hydrogen-bond acceptors (Lipinski definition) is 14. The van der Waals surface area contributed by atoms with Crippen molar-refractivity contribution in [3.8, 4) is 0 Å². The SMILES string of the molecule is CCC(O)c1scc(C(=O)OC)c1C.CC[C@@H](c1scc(C(=O)OC)c1C)N1CCC(N(C)C)CC1.CC[C@H](c1scc(C(=O)OC)c1C)N1CCC(N(C)C)CC1. The molecule has 58 heavy (non-hydrogen) atoms. The van der Waals surface area contributed by atoms with Crippen LogP contribution in [0.25, 0.3) is 0 Å². The Bertz CT molecular complexity index is 1640. The second-order valence-electron chi connectivity index (χ2n) is 15.6. The number of carbonyl (C=O) groups is 3. The second kappa shape index (κ2) is 23.9. The van der Waals surface area contributed by atoms with Crippen LogP contribution in [0.3, 0.4) is 0 Å². The van der Waals surface area contributed by atoms with Crippen LogP contribution in [0, 0.1) is 20.8 Å². The normalized spacial score (nSPS) is 17.2. The van der Waals surface area contributed by atoms with Gasteiger partial charge in [0.25, 0.3) is 0 Å². The predicted octanol–water partition coefficient (Wildman–Crippen LogP) is 8.93. The first-order valence-corrected chi connectivity index (χ1v) is 23.2. The molecule has 0 saturated carbocycles. The number of piperidine rings is 2. The number of rotatable bonds is 13. The van der Waals surface area contributed by atoms with Crippen LogP contribution in [0.15, 0.2) is 16.1 Å². The minimum Gasteiger partial charge on any atom is -0.465 e.